The quantitative estimate of drug-likeness (QED) is 0.889. The van der Waals surface area contributed by atoms with Gasteiger partial charge in [-0.3, -0.25) is 4.79 Å². The Hall–Kier alpha value is -2.14. The topological polar surface area (TPSA) is 41.1 Å². The maximum atomic E-state index is 13.5. The fourth-order valence-corrected chi connectivity index (χ4v) is 2.08. The smallest absolute Gasteiger partial charge is 0.221 e. The molecule has 0 radical (unpaired) electrons. The van der Waals surface area contributed by atoms with Gasteiger partial charge < -0.3 is 10.6 Å². The molecule has 2 aromatic rings. The van der Waals surface area contributed by atoms with Crippen molar-refractivity contribution in [2.75, 3.05) is 10.6 Å². The van der Waals surface area contributed by atoms with Crippen LogP contribution in [0.5, 0.6) is 0 Å². The number of hydrogen-bond donors (Lipinski definition) is 2. The lowest BCUT2D eigenvalue weighted by molar-refractivity contribution is -0.114. The molecule has 0 unspecified atom stereocenters. The summed E-state index contributed by atoms with van der Waals surface area (Å²) in [6, 6.07) is 8.45. The van der Waals surface area contributed by atoms with Crippen LogP contribution in [0.2, 0.25) is 5.02 Å². The molecule has 0 heterocycles. The van der Waals surface area contributed by atoms with Crippen molar-refractivity contribution in [1.82, 2.24) is 0 Å². The van der Waals surface area contributed by atoms with Crippen LogP contribution in [0.15, 0.2) is 36.4 Å². The van der Waals surface area contributed by atoms with E-state index >= 15 is 0 Å². The standard InChI is InChI=1S/C15H13ClF2N2O/c1-9(21)20-15-7-13(2-3-14(15)18)19-8-10-4-11(16)6-12(17)5-10/h2-7,19H,8H2,1H3,(H,20,21). The highest BCUT2D eigenvalue weighted by atomic mass is 35.5. The van der Waals surface area contributed by atoms with E-state index in [0.717, 1.165) is 0 Å². The van der Waals surface area contributed by atoms with Crippen molar-refractivity contribution in [2.24, 2.45) is 0 Å². The summed E-state index contributed by atoms with van der Waals surface area (Å²) in [4.78, 5) is 11.0. The van der Waals surface area contributed by atoms with Crippen LogP contribution in [0, 0.1) is 11.6 Å². The number of halogens is 3. The van der Waals surface area contributed by atoms with Gasteiger partial charge in [0.2, 0.25) is 5.91 Å². The summed E-state index contributed by atoms with van der Waals surface area (Å²) in [7, 11) is 0. The number of carbonyl (C=O) groups excluding carboxylic acids is 1. The van der Waals surface area contributed by atoms with Gasteiger partial charge in [0.25, 0.3) is 0 Å². The minimum atomic E-state index is -0.524. The van der Waals surface area contributed by atoms with Crippen molar-refractivity contribution in [2.45, 2.75) is 13.5 Å². The van der Waals surface area contributed by atoms with E-state index in [9.17, 15) is 13.6 Å². The second-order valence-corrected chi connectivity index (χ2v) is 4.94. The van der Waals surface area contributed by atoms with Crippen molar-refractivity contribution in [3.05, 3.63) is 58.6 Å². The molecule has 0 saturated heterocycles. The van der Waals surface area contributed by atoms with Crippen LogP contribution in [0.4, 0.5) is 20.2 Å². The molecule has 0 spiro atoms. The van der Waals surface area contributed by atoms with Gasteiger partial charge in [0, 0.05) is 24.2 Å². The van der Waals surface area contributed by atoms with Crippen molar-refractivity contribution >= 4 is 28.9 Å². The summed E-state index contributed by atoms with van der Waals surface area (Å²) in [5.41, 5.74) is 1.34. The predicted octanol–water partition coefficient (Wildman–Crippen LogP) is 4.19. The second kappa shape index (κ2) is 6.54. The van der Waals surface area contributed by atoms with Crippen LogP contribution in [0.1, 0.15) is 12.5 Å². The molecule has 0 aliphatic carbocycles. The summed E-state index contributed by atoms with van der Waals surface area (Å²) in [6.45, 7) is 1.62. The molecular formula is C15H13ClF2N2O. The summed E-state index contributed by atoms with van der Waals surface area (Å²) in [5.74, 6) is -1.30. The molecule has 3 nitrogen and oxygen atoms in total. The second-order valence-electron chi connectivity index (χ2n) is 4.51. The molecule has 6 heteroatoms. The zero-order valence-corrected chi connectivity index (χ0v) is 12.0. The summed E-state index contributed by atoms with van der Waals surface area (Å²) in [6.07, 6.45) is 0. The molecule has 0 fully saturated rings. The van der Waals surface area contributed by atoms with Crippen LogP contribution < -0.4 is 10.6 Å². The third-order valence-electron chi connectivity index (χ3n) is 2.70. The van der Waals surface area contributed by atoms with E-state index in [1.807, 2.05) is 0 Å². The van der Waals surface area contributed by atoms with Crippen LogP contribution in [-0.2, 0) is 11.3 Å². The molecule has 0 atom stereocenters. The van der Waals surface area contributed by atoms with Gasteiger partial charge in [-0.15, -0.1) is 0 Å². The Morgan fingerprint density at radius 2 is 1.95 bits per heavy atom. The molecule has 1 amide bonds. The average Bonchev–Trinajstić information content (AvgIpc) is 2.38. The third-order valence-corrected chi connectivity index (χ3v) is 2.91. The molecule has 0 aliphatic heterocycles. The van der Waals surface area contributed by atoms with Gasteiger partial charge >= 0.3 is 0 Å². The molecule has 0 aromatic heterocycles. The average molecular weight is 311 g/mol. The molecule has 2 rings (SSSR count). The lowest BCUT2D eigenvalue weighted by Gasteiger charge is -2.10. The number of anilines is 2. The number of rotatable bonds is 4. The predicted molar refractivity (Wildman–Crippen MR) is 79.4 cm³/mol. The Morgan fingerprint density at radius 1 is 1.19 bits per heavy atom. The van der Waals surface area contributed by atoms with E-state index < -0.39 is 11.6 Å². The largest absolute Gasteiger partial charge is 0.381 e. The van der Waals surface area contributed by atoms with E-state index in [0.29, 0.717) is 22.8 Å². The molecule has 110 valence electrons. The Labute approximate surface area is 125 Å². The number of nitrogens with one attached hydrogen (secondary N) is 2. The van der Waals surface area contributed by atoms with E-state index in [1.54, 1.807) is 6.07 Å². The zero-order valence-electron chi connectivity index (χ0n) is 11.2. The van der Waals surface area contributed by atoms with E-state index in [-0.39, 0.29) is 11.6 Å². The van der Waals surface area contributed by atoms with Gasteiger partial charge in [-0.25, -0.2) is 8.78 Å². The first-order valence-corrected chi connectivity index (χ1v) is 6.58. The molecular weight excluding hydrogens is 298 g/mol. The fourth-order valence-electron chi connectivity index (χ4n) is 1.84. The Kier molecular flexibility index (Phi) is 4.75. The van der Waals surface area contributed by atoms with Crippen molar-refractivity contribution < 1.29 is 13.6 Å². The maximum Gasteiger partial charge on any atom is 0.221 e. The first-order chi connectivity index (χ1) is 9.94. The number of hydrogen-bond acceptors (Lipinski definition) is 2. The van der Waals surface area contributed by atoms with Crippen molar-refractivity contribution in [1.29, 1.82) is 0 Å². The van der Waals surface area contributed by atoms with Gasteiger partial charge in [-0.1, -0.05) is 11.6 Å². The van der Waals surface area contributed by atoms with Crippen LogP contribution in [0.3, 0.4) is 0 Å². The molecule has 2 N–H and O–H groups in total. The molecule has 21 heavy (non-hydrogen) atoms. The highest BCUT2D eigenvalue weighted by Gasteiger charge is 2.05. The normalized spacial score (nSPS) is 10.3. The molecule has 0 aliphatic rings. The van der Waals surface area contributed by atoms with E-state index in [4.69, 9.17) is 11.6 Å². The molecule has 0 saturated carbocycles. The minimum absolute atomic E-state index is 0.0878. The van der Waals surface area contributed by atoms with Gasteiger partial charge in [0.05, 0.1) is 5.69 Å². The first-order valence-electron chi connectivity index (χ1n) is 6.20. The zero-order chi connectivity index (χ0) is 15.4. The maximum absolute atomic E-state index is 13.5. The van der Waals surface area contributed by atoms with Crippen molar-refractivity contribution in [3.63, 3.8) is 0 Å². The Morgan fingerprint density at radius 3 is 2.62 bits per heavy atom. The SMILES string of the molecule is CC(=O)Nc1cc(NCc2cc(F)cc(Cl)c2)ccc1F. The van der Waals surface area contributed by atoms with Crippen LogP contribution >= 0.6 is 11.6 Å². The minimum Gasteiger partial charge on any atom is -0.381 e. The summed E-state index contributed by atoms with van der Waals surface area (Å²) in [5, 5.41) is 5.72. The fraction of sp³-hybridized carbons (Fsp3) is 0.133. The van der Waals surface area contributed by atoms with Crippen LogP contribution in [0.25, 0.3) is 0 Å². The van der Waals surface area contributed by atoms with E-state index in [2.05, 4.69) is 10.6 Å². The van der Waals surface area contributed by atoms with Crippen LogP contribution in [-0.4, -0.2) is 5.91 Å². The number of benzene rings is 2. The highest BCUT2D eigenvalue weighted by Crippen LogP contribution is 2.21. The molecule has 0 bridgehead atoms. The molecule has 2 aromatic carbocycles. The van der Waals surface area contributed by atoms with Crippen molar-refractivity contribution in [3.8, 4) is 0 Å². The summed E-state index contributed by atoms with van der Waals surface area (Å²) >= 11 is 5.77. The summed E-state index contributed by atoms with van der Waals surface area (Å²) < 4.78 is 26.7. The van der Waals surface area contributed by atoms with Gasteiger partial charge in [0.15, 0.2) is 0 Å². The van der Waals surface area contributed by atoms with Gasteiger partial charge in [0.1, 0.15) is 11.6 Å². The number of carbonyl (C=O) groups is 1. The Balaban J connectivity index is 2.11. The monoisotopic (exact) mass is 310 g/mol. The first kappa shape index (κ1) is 15.3. The third kappa shape index (κ3) is 4.43. The Bertz CT molecular complexity index is 656. The van der Waals surface area contributed by atoms with Gasteiger partial charge in [-0.2, -0.15) is 0 Å². The van der Waals surface area contributed by atoms with Gasteiger partial charge in [-0.05, 0) is 42.0 Å². The highest BCUT2D eigenvalue weighted by molar-refractivity contribution is 6.30. The van der Waals surface area contributed by atoms with E-state index in [1.165, 1.54) is 37.3 Å². The lowest BCUT2D eigenvalue weighted by Crippen LogP contribution is -2.08. The number of amides is 1. The lowest BCUT2D eigenvalue weighted by atomic mass is 10.2.